The molecule has 0 saturated heterocycles. The first kappa shape index (κ1) is 27.9. The Balaban J connectivity index is 1.08. The molecule has 0 unspecified atom stereocenters. The Morgan fingerprint density at radius 1 is 0.292 bits per heavy atom. The lowest BCUT2D eigenvalue weighted by Crippen LogP contribution is -2.09. The molecule has 1 aromatic heterocycles. The summed E-state index contributed by atoms with van der Waals surface area (Å²) >= 11 is 0. The highest BCUT2D eigenvalue weighted by Crippen LogP contribution is 2.39. The monoisotopic (exact) mass is 613 g/mol. The van der Waals surface area contributed by atoms with Gasteiger partial charge in [-0.1, -0.05) is 115 Å². The molecule has 0 atom stereocenters. The Labute approximate surface area is 279 Å². The molecule has 0 aliphatic rings. The van der Waals surface area contributed by atoms with Crippen LogP contribution in [0.15, 0.2) is 192 Å². The number of benzene rings is 8. The smallest absolute Gasteiger partial charge is 0.135 e. The molecule has 2 nitrogen and oxygen atoms in total. The van der Waals surface area contributed by atoms with E-state index < -0.39 is 0 Å². The minimum atomic E-state index is 0.866. The van der Waals surface area contributed by atoms with Crippen molar-refractivity contribution in [3.8, 4) is 33.6 Å². The van der Waals surface area contributed by atoms with Gasteiger partial charge in [0.05, 0.1) is 0 Å². The van der Waals surface area contributed by atoms with E-state index in [4.69, 9.17) is 4.42 Å². The molecule has 0 saturated carbocycles. The standard InChI is InChI=1S/C46H31NO/c1-2-8-32(9-3-1)34-16-22-42(23-17-34)47(43-24-18-35(19-25-43)40-15-14-33-10-4-5-11-37(33)28-40)44-26-20-36(21-27-44)45-31-41-29-38-12-6-7-13-39(38)30-46(41)48-45/h1-31H. The molecule has 0 aliphatic heterocycles. The van der Waals surface area contributed by atoms with Gasteiger partial charge in [0.2, 0.25) is 0 Å². The quantitative estimate of drug-likeness (QED) is 0.185. The highest BCUT2D eigenvalue weighted by Gasteiger charge is 2.15. The Bertz CT molecular complexity index is 2470. The summed E-state index contributed by atoms with van der Waals surface area (Å²) in [5.74, 6) is 0.866. The fourth-order valence-electron chi connectivity index (χ4n) is 6.70. The normalized spacial score (nSPS) is 11.3. The van der Waals surface area contributed by atoms with Crippen molar-refractivity contribution < 1.29 is 4.42 Å². The average molecular weight is 614 g/mol. The number of anilines is 3. The Kier molecular flexibility index (Phi) is 6.84. The zero-order valence-electron chi connectivity index (χ0n) is 26.3. The fourth-order valence-corrected chi connectivity index (χ4v) is 6.70. The van der Waals surface area contributed by atoms with Crippen LogP contribution in [0.2, 0.25) is 0 Å². The lowest BCUT2D eigenvalue weighted by Gasteiger charge is -2.26. The number of fused-ring (bicyclic) bond motifs is 3. The highest BCUT2D eigenvalue weighted by atomic mass is 16.3. The van der Waals surface area contributed by atoms with Gasteiger partial charge < -0.3 is 9.32 Å². The van der Waals surface area contributed by atoms with Gasteiger partial charge in [-0.25, -0.2) is 0 Å². The third-order valence-corrected chi connectivity index (χ3v) is 9.24. The van der Waals surface area contributed by atoms with Crippen molar-refractivity contribution in [1.29, 1.82) is 0 Å². The number of nitrogens with zero attached hydrogens (tertiary/aromatic N) is 1. The second kappa shape index (κ2) is 11.8. The van der Waals surface area contributed by atoms with E-state index in [9.17, 15) is 0 Å². The maximum Gasteiger partial charge on any atom is 0.135 e. The molecule has 0 fully saturated rings. The van der Waals surface area contributed by atoms with E-state index in [1.807, 2.05) is 0 Å². The van der Waals surface area contributed by atoms with Crippen molar-refractivity contribution in [2.75, 3.05) is 4.90 Å². The maximum absolute atomic E-state index is 6.36. The second-order valence-corrected chi connectivity index (χ2v) is 12.3. The topological polar surface area (TPSA) is 16.4 Å². The van der Waals surface area contributed by atoms with E-state index >= 15 is 0 Å². The molecule has 0 aliphatic carbocycles. The van der Waals surface area contributed by atoms with Crippen molar-refractivity contribution in [3.63, 3.8) is 0 Å². The molecule has 1 heterocycles. The molecule has 0 radical (unpaired) electrons. The number of hydrogen-bond acceptors (Lipinski definition) is 2. The molecule has 0 N–H and O–H groups in total. The minimum absolute atomic E-state index is 0.866. The maximum atomic E-state index is 6.36. The summed E-state index contributed by atoms with van der Waals surface area (Å²) < 4.78 is 6.36. The third kappa shape index (κ3) is 5.20. The number of hydrogen-bond donors (Lipinski definition) is 0. The molecule has 226 valence electrons. The van der Waals surface area contributed by atoms with Crippen LogP contribution in [0.25, 0.3) is 66.1 Å². The lowest BCUT2D eigenvalue weighted by molar-refractivity contribution is 0.632. The number of rotatable bonds is 6. The van der Waals surface area contributed by atoms with Crippen molar-refractivity contribution in [3.05, 3.63) is 188 Å². The SMILES string of the molecule is c1ccc(-c2ccc(N(c3ccc(-c4ccc5ccccc5c4)cc3)c3ccc(-c4cc5cc6ccccc6cc5o4)cc3)cc2)cc1. The Morgan fingerprint density at radius 2 is 0.750 bits per heavy atom. The van der Waals surface area contributed by atoms with Crippen molar-refractivity contribution in [1.82, 2.24) is 0 Å². The van der Waals surface area contributed by atoms with Gasteiger partial charge in [0.25, 0.3) is 0 Å². The van der Waals surface area contributed by atoms with Gasteiger partial charge >= 0.3 is 0 Å². The molecule has 9 rings (SSSR count). The zero-order valence-corrected chi connectivity index (χ0v) is 26.3. The fraction of sp³-hybridized carbons (Fsp3) is 0. The number of furan rings is 1. The van der Waals surface area contributed by atoms with Gasteiger partial charge in [0, 0.05) is 28.0 Å². The Morgan fingerprint density at radius 3 is 1.38 bits per heavy atom. The van der Waals surface area contributed by atoms with Gasteiger partial charge in [-0.2, -0.15) is 0 Å². The molecule has 9 aromatic rings. The summed E-state index contributed by atoms with van der Waals surface area (Å²) in [5.41, 5.74) is 10.0. The van der Waals surface area contributed by atoms with Crippen LogP contribution < -0.4 is 4.90 Å². The zero-order chi connectivity index (χ0) is 31.9. The van der Waals surface area contributed by atoms with E-state index in [-0.39, 0.29) is 0 Å². The van der Waals surface area contributed by atoms with Crippen molar-refractivity contribution >= 4 is 49.6 Å². The molecular weight excluding hydrogens is 583 g/mol. The predicted octanol–water partition coefficient (Wildman–Crippen LogP) is 13.2. The van der Waals surface area contributed by atoms with Crippen LogP contribution in [-0.2, 0) is 0 Å². The van der Waals surface area contributed by atoms with Crippen LogP contribution in [0.5, 0.6) is 0 Å². The third-order valence-electron chi connectivity index (χ3n) is 9.24. The van der Waals surface area contributed by atoms with Gasteiger partial charge in [0.1, 0.15) is 11.3 Å². The first-order chi connectivity index (χ1) is 23.7. The first-order valence-electron chi connectivity index (χ1n) is 16.3. The summed E-state index contributed by atoms with van der Waals surface area (Å²) in [4.78, 5) is 2.31. The summed E-state index contributed by atoms with van der Waals surface area (Å²) in [7, 11) is 0. The molecule has 8 aromatic carbocycles. The van der Waals surface area contributed by atoms with Crippen LogP contribution in [0, 0.1) is 0 Å². The second-order valence-electron chi connectivity index (χ2n) is 12.3. The van der Waals surface area contributed by atoms with E-state index in [1.54, 1.807) is 0 Å². The minimum Gasteiger partial charge on any atom is -0.456 e. The largest absolute Gasteiger partial charge is 0.456 e. The van der Waals surface area contributed by atoms with Crippen LogP contribution in [-0.4, -0.2) is 0 Å². The van der Waals surface area contributed by atoms with Crippen LogP contribution >= 0.6 is 0 Å². The van der Waals surface area contributed by atoms with Gasteiger partial charge in [-0.05, 0) is 117 Å². The highest BCUT2D eigenvalue weighted by molar-refractivity contribution is 5.97. The molecule has 2 heteroatoms. The van der Waals surface area contributed by atoms with E-state index in [0.29, 0.717) is 0 Å². The predicted molar refractivity (Wildman–Crippen MR) is 202 cm³/mol. The van der Waals surface area contributed by atoms with Crippen LogP contribution in [0.3, 0.4) is 0 Å². The van der Waals surface area contributed by atoms with Crippen molar-refractivity contribution in [2.45, 2.75) is 0 Å². The lowest BCUT2D eigenvalue weighted by atomic mass is 10.0. The summed E-state index contributed by atoms with van der Waals surface area (Å²) in [6.45, 7) is 0. The van der Waals surface area contributed by atoms with Gasteiger partial charge in [-0.3, -0.25) is 0 Å². The van der Waals surface area contributed by atoms with Gasteiger partial charge in [0.15, 0.2) is 0 Å². The summed E-state index contributed by atoms with van der Waals surface area (Å²) in [5, 5.41) is 6.01. The van der Waals surface area contributed by atoms with Crippen LogP contribution in [0.1, 0.15) is 0 Å². The summed E-state index contributed by atoms with van der Waals surface area (Å²) in [6, 6.07) is 66.9. The molecular formula is C46H31NO. The first-order valence-corrected chi connectivity index (χ1v) is 16.3. The van der Waals surface area contributed by atoms with E-state index in [2.05, 4.69) is 193 Å². The summed E-state index contributed by atoms with van der Waals surface area (Å²) in [6.07, 6.45) is 0. The van der Waals surface area contributed by atoms with Crippen LogP contribution in [0.4, 0.5) is 17.1 Å². The van der Waals surface area contributed by atoms with E-state index in [0.717, 1.165) is 39.4 Å². The molecule has 48 heavy (non-hydrogen) atoms. The van der Waals surface area contributed by atoms with E-state index in [1.165, 1.54) is 43.8 Å². The molecule has 0 amide bonds. The average Bonchev–Trinajstić information content (AvgIpc) is 3.58. The Hall–Kier alpha value is -6.38. The molecule has 0 bridgehead atoms. The molecule has 0 spiro atoms. The van der Waals surface area contributed by atoms with Crippen molar-refractivity contribution in [2.24, 2.45) is 0 Å². The van der Waals surface area contributed by atoms with Gasteiger partial charge in [-0.15, -0.1) is 0 Å².